The summed E-state index contributed by atoms with van der Waals surface area (Å²) >= 11 is 0. The zero-order chi connectivity index (χ0) is 21.4. The topological polar surface area (TPSA) is 116 Å². The van der Waals surface area contributed by atoms with E-state index in [2.05, 4.69) is 8.92 Å². The summed E-state index contributed by atoms with van der Waals surface area (Å²) in [5.41, 5.74) is -5.89. The number of carboxylic acid groups (broad SMARTS) is 1. The van der Waals surface area contributed by atoms with E-state index in [1.807, 2.05) is 0 Å². The molecule has 1 aromatic rings. The fourth-order valence-electron chi connectivity index (χ4n) is 1.83. The minimum Gasteiger partial charge on any atom is -0.493 e. The standard InChI is InChI=1S/C16H17F3O8S/c1-25-15(22)9-8-11-12(26-10-3-2-7-14(20)21)5-4-6-13(11)27-28(23,24)16(17,18)19/h4-6,8-9H,2-3,7,10H2,1H3,(H,20,21)/b9-8+. The molecule has 8 nitrogen and oxygen atoms in total. The maximum Gasteiger partial charge on any atom is 0.534 e. The largest absolute Gasteiger partial charge is 0.534 e. The lowest BCUT2D eigenvalue weighted by atomic mass is 10.1. The van der Waals surface area contributed by atoms with Gasteiger partial charge in [-0.3, -0.25) is 4.79 Å². The van der Waals surface area contributed by atoms with E-state index in [0.717, 1.165) is 25.3 Å². The van der Waals surface area contributed by atoms with Crippen LogP contribution in [-0.4, -0.2) is 44.7 Å². The van der Waals surface area contributed by atoms with E-state index >= 15 is 0 Å². The maximum absolute atomic E-state index is 12.6. The van der Waals surface area contributed by atoms with Gasteiger partial charge in [0.1, 0.15) is 5.75 Å². The highest BCUT2D eigenvalue weighted by Crippen LogP contribution is 2.34. The van der Waals surface area contributed by atoms with Crippen LogP contribution < -0.4 is 8.92 Å². The molecule has 0 unspecified atom stereocenters. The van der Waals surface area contributed by atoms with Gasteiger partial charge in [-0.15, -0.1) is 0 Å². The van der Waals surface area contributed by atoms with Crippen molar-refractivity contribution < 1.29 is 49.9 Å². The van der Waals surface area contributed by atoms with Crippen LogP contribution in [0.5, 0.6) is 11.5 Å². The lowest BCUT2D eigenvalue weighted by Crippen LogP contribution is -2.28. The molecule has 1 N–H and O–H groups in total. The van der Waals surface area contributed by atoms with Crippen molar-refractivity contribution in [2.24, 2.45) is 0 Å². The van der Waals surface area contributed by atoms with Gasteiger partial charge in [0, 0.05) is 12.5 Å². The number of esters is 1. The number of alkyl halides is 3. The normalized spacial score (nSPS) is 12.0. The van der Waals surface area contributed by atoms with Crippen LogP contribution in [0.3, 0.4) is 0 Å². The Hall–Kier alpha value is -2.76. The first-order chi connectivity index (χ1) is 13.0. The first kappa shape index (κ1) is 23.3. The van der Waals surface area contributed by atoms with Gasteiger partial charge in [-0.1, -0.05) is 6.07 Å². The van der Waals surface area contributed by atoms with Crippen LogP contribution in [-0.2, 0) is 24.4 Å². The lowest BCUT2D eigenvalue weighted by Gasteiger charge is -2.15. The van der Waals surface area contributed by atoms with E-state index in [9.17, 15) is 31.2 Å². The smallest absolute Gasteiger partial charge is 0.493 e. The van der Waals surface area contributed by atoms with Crippen molar-refractivity contribution in [3.8, 4) is 11.5 Å². The predicted molar refractivity (Wildman–Crippen MR) is 90.1 cm³/mol. The number of hydrogen-bond acceptors (Lipinski definition) is 7. The number of carboxylic acids is 1. The molecule has 0 radical (unpaired) electrons. The summed E-state index contributed by atoms with van der Waals surface area (Å²) in [5.74, 6) is -2.61. The SMILES string of the molecule is COC(=O)/C=C/c1c(OCCCCC(=O)O)cccc1OS(=O)(=O)C(F)(F)F. The van der Waals surface area contributed by atoms with Crippen LogP contribution in [0.2, 0.25) is 0 Å². The molecule has 0 fully saturated rings. The van der Waals surface area contributed by atoms with Crippen LogP contribution >= 0.6 is 0 Å². The molecule has 0 saturated heterocycles. The number of benzene rings is 1. The van der Waals surface area contributed by atoms with Gasteiger partial charge < -0.3 is 18.8 Å². The van der Waals surface area contributed by atoms with Gasteiger partial charge >= 0.3 is 27.6 Å². The Morgan fingerprint density at radius 2 is 1.82 bits per heavy atom. The molecule has 0 amide bonds. The number of unbranched alkanes of at least 4 members (excludes halogenated alkanes) is 1. The predicted octanol–water partition coefficient (Wildman–Crippen LogP) is 2.73. The molecule has 0 aliphatic rings. The summed E-state index contributed by atoms with van der Waals surface area (Å²) < 4.78 is 74.2. The highest BCUT2D eigenvalue weighted by molar-refractivity contribution is 7.88. The number of rotatable bonds is 10. The van der Waals surface area contributed by atoms with Crippen molar-refractivity contribution in [2.75, 3.05) is 13.7 Å². The van der Waals surface area contributed by atoms with E-state index < -0.39 is 33.3 Å². The zero-order valence-corrected chi connectivity index (χ0v) is 15.4. The van der Waals surface area contributed by atoms with Gasteiger partial charge in [0.15, 0.2) is 5.75 Å². The van der Waals surface area contributed by atoms with E-state index in [0.29, 0.717) is 12.8 Å². The molecule has 0 aliphatic heterocycles. The Bertz CT molecular complexity index is 831. The summed E-state index contributed by atoms with van der Waals surface area (Å²) in [6.07, 6.45) is 2.35. The van der Waals surface area contributed by atoms with Gasteiger partial charge in [0.2, 0.25) is 0 Å². The fraction of sp³-hybridized carbons (Fsp3) is 0.375. The molecule has 0 bridgehead atoms. The van der Waals surface area contributed by atoms with Crippen LogP contribution in [0.15, 0.2) is 24.3 Å². The summed E-state index contributed by atoms with van der Waals surface area (Å²) in [6.45, 7) is 0.00180. The minimum absolute atomic E-state index is 0.00180. The van der Waals surface area contributed by atoms with Crippen molar-refractivity contribution >= 4 is 28.1 Å². The number of aliphatic carboxylic acids is 1. The molecule has 0 aliphatic carbocycles. The number of hydrogen-bond donors (Lipinski definition) is 1. The molecule has 0 spiro atoms. The number of carbonyl (C=O) groups excluding carboxylic acids is 1. The number of carbonyl (C=O) groups is 2. The van der Waals surface area contributed by atoms with E-state index in [1.165, 1.54) is 12.1 Å². The minimum atomic E-state index is -5.94. The van der Waals surface area contributed by atoms with Crippen molar-refractivity contribution in [1.82, 2.24) is 0 Å². The summed E-state index contributed by atoms with van der Waals surface area (Å²) in [6, 6.07) is 3.47. The lowest BCUT2D eigenvalue weighted by molar-refractivity contribution is -0.137. The quantitative estimate of drug-likeness (QED) is 0.200. The molecule has 28 heavy (non-hydrogen) atoms. The van der Waals surface area contributed by atoms with Gasteiger partial charge in [-0.05, 0) is 31.1 Å². The van der Waals surface area contributed by atoms with Gasteiger partial charge in [-0.2, -0.15) is 21.6 Å². The highest BCUT2D eigenvalue weighted by Gasteiger charge is 2.48. The molecule has 1 rings (SSSR count). The molecular weight excluding hydrogens is 409 g/mol. The van der Waals surface area contributed by atoms with Gasteiger partial charge in [0.25, 0.3) is 0 Å². The number of ether oxygens (including phenoxy) is 2. The molecule has 0 atom stereocenters. The van der Waals surface area contributed by atoms with E-state index in [1.54, 1.807) is 0 Å². The summed E-state index contributed by atoms with van der Waals surface area (Å²) in [5, 5.41) is 8.57. The second-order valence-electron chi connectivity index (χ2n) is 5.21. The molecule has 1 aromatic carbocycles. The fourth-order valence-corrected chi connectivity index (χ4v) is 2.31. The van der Waals surface area contributed by atoms with Crippen LogP contribution in [0.25, 0.3) is 6.08 Å². The molecule has 12 heteroatoms. The Labute approximate surface area is 158 Å². The third-order valence-electron chi connectivity index (χ3n) is 3.14. The van der Waals surface area contributed by atoms with Gasteiger partial charge in [0.05, 0.1) is 19.3 Å². The Morgan fingerprint density at radius 3 is 2.39 bits per heavy atom. The number of methoxy groups -OCH3 is 1. The van der Waals surface area contributed by atoms with Crippen molar-refractivity contribution in [3.05, 3.63) is 29.8 Å². The van der Waals surface area contributed by atoms with Crippen molar-refractivity contribution in [2.45, 2.75) is 24.8 Å². The molecule has 0 heterocycles. The average Bonchev–Trinajstić information content (AvgIpc) is 2.58. The van der Waals surface area contributed by atoms with Crippen LogP contribution in [0.1, 0.15) is 24.8 Å². The van der Waals surface area contributed by atoms with Gasteiger partial charge in [-0.25, -0.2) is 4.79 Å². The monoisotopic (exact) mass is 426 g/mol. The zero-order valence-electron chi connectivity index (χ0n) is 14.6. The summed E-state index contributed by atoms with van der Waals surface area (Å²) in [7, 11) is -4.87. The van der Waals surface area contributed by atoms with Crippen molar-refractivity contribution in [3.63, 3.8) is 0 Å². The molecule has 0 aromatic heterocycles. The molecule has 0 saturated carbocycles. The molecular formula is C16H17F3O8S. The maximum atomic E-state index is 12.6. The Balaban J connectivity index is 3.13. The first-order valence-corrected chi connectivity index (χ1v) is 9.13. The Morgan fingerprint density at radius 1 is 1.18 bits per heavy atom. The van der Waals surface area contributed by atoms with E-state index in [4.69, 9.17) is 9.84 Å². The Kier molecular flexibility index (Phi) is 8.29. The summed E-state index contributed by atoms with van der Waals surface area (Å²) in [4.78, 5) is 21.7. The first-order valence-electron chi connectivity index (χ1n) is 7.72. The van der Waals surface area contributed by atoms with Crippen molar-refractivity contribution in [1.29, 1.82) is 0 Å². The van der Waals surface area contributed by atoms with Crippen LogP contribution in [0.4, 0.5) is 13.2 Å². The van der Waals surface area contributed by atoms with Crippen LogP contribution in [0, 0.1) is 0 Å². The second-order valence-corrected chi connectivity index (χ2v) is 6.74. The number of halogens is 3. The average molecular weight is 426 g/mol. The third kappa shape index (κ3) is 7.10. The van der Waals surface area contributed by atoms with E-state index in [-0.39, 0.29) is 24.3 Å². The highest BCUT2D eigenvalue weighted by atomic mass is 32.2. The second kappa shape index (κ2) is 9.97. The third-order valence-corrected chi connectivity index (χ3v) is 4.10. The molecule has 156 valence electrons.